The highest BCUT2D eigenvalue weighted by Gasteiger charge is 2.23. The van der Waals surface area contributed by atoms with Crippen molar-refractivity contribution in [2.24, 2.45) is 0 Å². The average Bonchev–Trinajstić information content (AvgIpc) is 2.64. The minimum Gasteiger partial charge on any atom is -0.260 e. The zero-order valence-electron chi connectivity index (χ0n) is 15.5. The van der Waals surface area contributed by atoms with Gasteiger partial charge < -0.3 is 0 Å². The number of unbranched alkanes of at least 4 members (excludes halogenated alkanes) is 1. The Bertz CT molecular complexity index is 821. The third-order valence-electron chi connectivity index (χ3n) is 4.99. The zero-order chi connectivity index (χ0) is 17.6. The van der Waals surface area contributed by atoms with Crippen LogP contribution in [0.5, 0.6) is 0 Å². The SMILES string of the molecule is CCCCc1cccc(C)c1C(c1ccccn1)c1ccccc1C. The number of benzene rings is 2. The molecule has 0 aliphatic heterocycles. The van der Waals surface area contributed by atoms with E-state index in [2.05, 4.69) is 75.4 Å². The average molecular weight is 329 g/mol. The van der Waals surface area contributed by atoms with E-state index in [1.807, 2.05) is 12.3 Å². The Hall–Kier alpha value is -2.41. The van der Waals surface area contributed by atoms with Crippen LogP contribution in [0.3, 0.4) is 0 Å². The van der Waals surface area contributed by atoms with Crippen LogP contribution in [0, 0.1) is 13.8 Å². The van der Waals surface area contributed by atoms with E-state index in [4.69, 9.17) is 4.98 Å². The Balaban J connectivity index is 2.21. The van der Waals surface area contributed by atoms with E-state index in [1.165, 1.54) is 40.7 Å². The van der Waals surface area contributed by atoms with Crippen molar-refractivity contribution in [1.29, 1.82) is 0 Å². The summed E-state index contributed by atoms with van der Waals surface area (Å²) in [6, 6.07) is 21.7. The summed E-state index contributed by atoms with van der Waals surface area (Å²) < 4.78 is 0. The maximum absolute atomic E-state index is 4.74. The molecule has 3 rings (SSSR count). The maximum Gasteiger partial charge on any atom is 0.0522 e. The van der Waals surface area contributed by atoms with Crippen LogP contribution in [-0.2, 0) is 6.42 Å². The summed E-state index contributed by atoms with van der Waals surface area (Å²) in [7, 11) is 0. The van der Waals surface area contributed by atoms with Crippen LogP contribution in [0.1, 0.15) is 59.2 Å². The second-order valence-corrected chi connectivity index (χ2v) is 6.80. The van der Waals surface area contributed by atoms with Crippen LogP contribution >= 0.6 is 0 Å². The number of hydrogen-bond acceptors (Lipinski definition) is 1. The Morgan fingerprint density at radius 3 is 2.32 bits per heavy atom. The summed E-state index contributed by atoms with van der Waals surface area (Å²) in [4.78, 5) is 4.74. The Morgan fingerprint density at radius 1 is 0.840 bits per heavy atom. The molecule has 0 spiro atoms. The fourth-order valence-corrected chi connectivity index (χ4v) is 3.66. The lowest BCUT2D eigenvalue weighted by Gasteiger charge is -2.24. The van der Waals surface area contributed by atoms with E-state index < -0.39 is 0 Å². The van der Waals surface area contributed by atoms with Crippen molar-refractivity contribution in [3.63, 3.8) is 0 Å². The molecule has 0 radical (unpaired) electrons. The topological polar surface area (TPSA) is 12.9 Å². The van der Waals surface area contributed by atoms with E-state index >= 15 is 0 Å². The van der Waals surface area contributed by atoms with E-state index in [0.29, 0.717) is 0 Å². The lowest BCUT2D eigenvalue weighted by Crippen LogP contribution is -2.11. The number of hydrogen-bond donors (Lipinski definition) is 0. The smallest absolute Gasteiger partial charge is 0.0522 e. The summed E-state index contributed by atoms with van der Waals surface area (Å²) in [5.41, 5.74) is 8.05. The Kier molecular flexibility index (Phi) is 5.65. The molecule has 1 heteroatoms. The van der Waals surface area contributed by atoms with Gasteiger partial charge in [-0.05, 0) is 66.6 Å². The van der Waals surface area contributed by atoms with Gasteiger partial charge in [-0.15, -0.1) is 0 Å². The third kappa shape index (κ3) is 3.82. The first-order valence-electron chi connectivity index (χ1n) is 9.27. The summed E-state index contributed by atoms with van der Waals surface area (Å²) >= 11 is 0. The molecule has 128 valence electrons. The molecule has 0 saturated heterocycles. The molecule has 0 N–H and O–H groups in total. The standard InChI is InChI=1S/C24H27N/c1-4-5-13-20-14-10-12-19(3)23(20)24(22-16-8-9-17-25-22)21-15-7-6-11-18(21)2/h6-12,14-17,24H,4-5,13H2,1-3H3. The molecule has 1 atom stereocenters. The molecule has 0 bridgehead atoms. The van der Waals surface area contributed by atoms with Crippen molar-refractivity contribution in [3.05, 3.63) is 100 Å². The molecule has 0 amide bonds. The first kappa shape index (κ1) is 17.4. The molecule has 2 aromatic carbocycles. The molecule has 1 aromatic heterocycles. The van der Waals surface area contributed by atoms with Gasteiger partial charge in [0.1, 0.15) is 0 Å². The van der Waals surface area contributed by atoms with Gasteiger partial charge in [0.25, 0.3) is 0 Å². The molecule has 0 saturated carbocycles. The van der Waals surface area contributed by atoms with Gasteiger partial charge >= 0.3 is 0 Å². The quantitative estimate of drug-likeness (QED) is 0.523. The van der Waals surface area contributed by atoms with Crippen molar-refractivity contribution >= 4 is 0 Å². The first-order valence-corrected chi connectivity index (χ1v) is 9.27. The van der Waals surface area contributed by atoms with Crippen LogP contribution in [0.4, 0.5) is 0 Å². The largest absolute Gasteiger partial charge is 0.260 e. The summed E-state index contributed by atoms with van der Waals surface area (Å²) in [5.74, 6) is 0.190. The highest BCUT2D eigenvalue weighted by molar-refractivity contribution is 5.50. The van der Waals surface area contributed by atoms with Crippen molar-refractivity contribution in [2.45, 2.75) is 46.0 Å². The molecule has 0 fully saturated rings. The summed E-state index contributed by atoms with van der Waals surface area (Å²) in [6.07, 6.45) is 5.47. The highest BCUT2D eigenvalue weighted by atomic mass is 14.7. The lowest BCUT2D eigenvalue weighted by atomic mass is 9.80. The molecule has 0 aliphatic rings. The van der Waals surface area contributed by atoms with Gasteiger partial charge in [0, 0.05) is 6.20 Å². The first-order chi connectivity index (χ1) is 12.2. The van der Waals surface area contributed by atoms with Crippen molar-refractivity contribution in [3.8, 4) is 0 Å². The number of pyridine rings is 1. The number of aromatic nitrogens is 1. The number of nitrogens with zero attached hydrogens (tertiary/aromatic N) is 1. The van der Waals surface area contributed by atoms with E-state index in [9.17, 15) is 0 Å². The molecular formula is C24H27N. The van der Waals surface area contributed by atoms with Crippen molar-refractivity contribution < 1.29 is 0 Å². The molecular weight excluding hydrogens is 302 g/mol. The Morgan fingerprint density at radius 2 is 1.60 bits per heavy atom. The van der Waals surface area contributed by atoms with Gasteiger partial charge in [-0.3, -0.25) is 4.98 Å². The second kappa shape index (κ2) is 8.11. The minimum absolute atomic E-state index is 0.190. The van der Waals surface area contributed by atoms with Gasteiger partial charge in [0.2, 0.25) is 0 Å². The monoisotopic (exact) mass is 329 g/mol. The normalized spacial score (nSPS) is 12.1. The van der Waals surface area contributed by atoms with Crippen LogP contribution in [0.2, 0.25) is 0 Å². The summed E-state index contributed by atoms with van der Waals surface area (Å²) in [5, 5.41) is 0. The molecule has 1 nitrogen and oxygen atoms in total. The molecule has 3 aromatic rings. The third-order valence-corrected chi connectivity index (χ3v) is 4.99. The molecule has 25 heavy (non-hydrogen) atoms. The van der Waals surface area contributed by atoms with Crippen LogP contribution < -0.4 is 0 Å². The van der Waals surface area contributed by atoms with Gasteiger partial charge in [0.15, 0.2) is 0 Å². The van der Waals surface area contributed by atoms with Crippen molar-refractivity contribution in [1.82, 2.24) is 4.98 Å². The van der Waals surface area contributed by atoms with Gasteiger partial charge in [-0.1, -0.05) is 61.9 Å². The second-order valence-electron chi connectivity index (χ2n) is 6.80. The number of rotatable bonds is 6. The molecule has 1 unspecified atom stereocenters. The fourth-order valence-electron chi connectivity index (χ4n) is 3.66. The van der Waals surface area contributed by atoms with Gasteiger partial charge in [0.05, 0.1) is 11.6 Å². The number of aryl methyl sites for hydroxylation is 3. The predicted molar refractivity (Wildman–Crippen MR) is 106 cm³/mol. The van der Waals surface area contributed by atoms with Crippen molar-refractivity contribution in [2.75, 3.05) is 0 Å². The van der Waals surface area contributed by atoms with Gasteiger partial charge in [-0.2, -0.15) is 0 Å². The van der Waals surface area contributed by atoms with Crippen LogP contribution in [0.25, 0.3) is 0 Å². The van der Waals surface area contributed by atoms with Gasteiger partial charge in [-0.25, -0.2) is 0 Å². The molecule has 0 aliphatic carbocycles. The van der Waals surface area contributed by atoms with E-state index in [-0.39, 0.29) is 5.92 Å². The predicted octanol–water partition coefficient (Wildman–Crippen LogP) is 6.22. The fraction of sp³-hybridized carbons (Fsp3) is 0.292. The Labute approximate surface area is 151 Å². The van der Waals surface area contributed by atoms with E-state index in [0.717, 1.165) is 12.1 Å². The zero-order valence-corrected chi connectivity index (χ0v) is 15.5. The van der Waals surface area contributed by atoms with E-state index in [1.54, 1.807) is 0 Å². The maximum atomic E-state index is 4.74. The van der Waals surface area contributed by atoms with Crippen LogP contribution in [-0.4, -0.2) is 4.98 Å². The van der Waals surface area contributed by atoms with Crippen LogP contribution in [0.15, 0.2) is 66.9 Å². The molecule has 1 heterocycles. The lowest BCUT2D eigenvalue weighted by molar-refractivity contribution is 0.775. The minimum atomic E-state index is 0.190. The summed E-state index contributed by atoms with van der Waals surface area (Å²) in [6.45, 7) is 6.70. The highest BCUT2D eigenvalue weighted by Crippen LogP contribution is 2.36.